The van der Waals surface area contributed by atoms with Gasteiger partial charge in [0.1, 0.15) is 0 Å². The fourth-order valence-corrected chi connectivity index (χ4v) is 11.7. The molecule has 280 valence electrons. The maximum absolute atomic E-state index is 4.91. The van der Waals surface area contributed by atoms with Gasteiger partial charge < -0.3 is 4.57 Å². The number of para-hydroxylation sites is 3. The molecule has 9 aromatic carbocycles. The van der Waals surface area contributed by atoms with E-state index in [9.17, 15) is 0 Å². The van der Waals surface area contributed by atoms with E-state index in [0.717, 1.165) is 22.2 Å². The zero-order valence-corrected chi connectivity index (χ0v) is 33.2. The zero-order valence-electron chi connectivity index (χ0n) is 33.2. The number of benzene rings is 9. The van der Waals surface area contributed by atoms with Crippen molar-refractivity contribution in [2.45, 2.75) is 5.41 Å². The second kappa shape index (κ2) is 12.2. The molecule has 0 saturated heterocycles. The number of fused-ring (bicyclic) bond motifs is 16. The van der Waals surface area contributed by atoms with Gasteiger partial charge in [-0.2, -0.15) is 0 Å². The van der Waals surface area contributed by atoms with Gasteiger partial charge in [0.15, 0.2) is 0 Å². The van der Waals surface area contributed by atoms with E-state index in [1.807, 2.05) is 6.20 Å². The predicted molar refractivity (Wildman–Crippen MR) is 254 cm³/mol. The first-order valence-corrected chi connectivity index (χ1v) is 21.3. The van der Waals surface area contributed by atoms with Crippen LogP contribution in [0.1, 0.15) is 22.3 Å². The first-order valence-electron chi connectivity index (χ1n) is 21.3. The Morgan fingerprint density at radius 3 is 1.89 bits per heavy atom. The smallest absolute Gasteiger partial charge is 0.243 e. The highest BCUT2D eigenvalue weighted by molar-refractivity contribution is 7.00. The van der Waals surface area contributed by atoms with Crippen molar-refractivity contribution in [2.24, 2.45) is 0 Å². The average Bonchev–Trinajstić information content (AvgIpc) is 3.95. The number of hydrogen-bond acceptors (Lipinski definition) is 1. The molecule has 4 heterocycles. The van der Waals surface area contributed by atoms with Gasteiger partial charge in [-0.05, 0) is 104 Å². The van der Waals surface area contributed by atoms with Crippen molar-refractivity contribution in [3.8, 4) is 50.2 Å². The number of aromatic nitrogens is 2. The Kier molecular flexibility index (Phi) is 6.60. The number of nitrogens with zero attached hydrogens (tertiary/aromatic N) is 2. The van der Waals surface area contributed by atoms with Crippen LogP contribution in [0, 0.1) is 0 Å². The van der Waals surface area contributed by atoms with E-state index < -0.39 is 5.41 Å². The monoisotopic (exact) mass is 770 g/mol. The second-order valence-electron chi connectivity index (χ2n) is 17.0. The summed E-state index contributed by atoms with van der Waals surface area (Å²) in [6.07, 6.45) is 2.05. The lowest BCUT2D eigenvalue weighted by Crippen LogP contribution is -2.59. The van der Waals surface area contributed by atoms with Crippen molar-refractivity contribution in [3.05, 3.63) is 235 Å². The van der Waals surface area contributed by atoms with Crippen LogP contribution in [0.15, 0.2) is 212 Å². The molecular weight excluding hydrogens is 735 g/mol. The maximum Gasteiger partial charge on any atom is 0.243 e. The van der Waals surface area contributed by atoms with Crippen LogP contribution in [0.2, 0.25) is 0 Å². The van der Waals surface area contributed by atoms with Gasteiger partial charge in [-0.25, -0.2) is 0 Å². The summed E-state index contributed by atoms with van der Waals surface area (Å²) >= 11 is 0. The first-order chi connectivity index (χ1) is 30.3. The fourth-order valence-electron chi connectivity index (χ4n) is 11.7. The number of rotatable bonds is 3. The third-order valence-electron chi connectivity index (χ3n) is 14.1. The largest absolute Gasteiger partial charge is 0.309 e. The molecule has 0 bridgehead atoms. The van der Waals surface area contributed by atoms with Crippen molar-refractivity contribution in [1.82, 2.24) is 9.55 Å². The van der Waals surface area contributed by atoms with Crippen LogP contribution in [0.25, 0.3) is 82.9 Å². The summed E-state index contributed by atoms with van der Waals surface area (Å²) in [6.45, 7) is 0.129. The molecule has 0 fully saturated rings. The van der Waals surface area contributed by atoms with Crippen molar-refractivity contribution in [1.29, 1.82) is 0 Å². The quantitative estimate of drug-likeness (QED) is 0.164. The Balaban J connectivity index is 0.998. The summed E-state index contributed by atoms with van der Waals surface area (Å²) in [4.78, 5) is 4.91. The molecule has 2 aliphatic heterocycles. The van der Waals surface area contributed by atoms with Crippen molar-refractivity contribution < 1.29 is 0 Å². The van der Waals surface area contributed by atoms with Gasteiger partial charge in [0.25, 0.3) is 0 Å². The van der Waals surface area contributed by atoms with Gasteiger partial charge in [-0.1, -0.05) is 180 Å². The highest BCUT2D eigenvalue weighted by atomic mass is 15.0. The Hall–Kier alpha value is -7.75. The predicted octanol–water partition coefficient (Wildman–Crippen LogP) is 11.8. The molecule has 1 aliphatic carbocycles. The molecule has 0 N–H and O–H groups in total. The topological polar surface area (TPSA) is 17.8 Å². The number of pyridine rings is 1. The summed E-state index contributed by atoms with van der Waals surface area (Å²) in [5.41, 5.74) is 23.8. The highest BCUT2D eigenvalue weighted by Gasteiger charge is 2.54. The normalized spacial score (nSPS) is 15.2. The van der Waals surface area contributed by atoms with Gasteiger partial charge in [-0.15, -0.1) is 0 Å². The fraction of sp³-hybridized carbons (Fsp3) is 0.0172. The standard InChI is InChI=1S/C58H35BN2/c1-8-21-54-39(12-1)32-40(35-60-54)38-27-31-49-53(34-38)59-52-20-7-3-14-44(52)47-17-11-19-50(57(47)59)58(49)48-18-6-2-13-42(48)43-30-26-37(33-51(43)58)36-24-28-41(29-25-36)61-55-22-9-4-15-45(55)46-16-5-10-23-56(46)61/h1-35H. The van der Waals surface area contributed by atoms with E-state index in [1.165, 1.54) is 99.4 Å². The summed E-state index contributed by atoms with van der Waals surface area (Å²) in [7, 11) is 0. The molecule has 3 aliphatic rings. The van der Waals surface area contributed by atoms with E-state index >= 15 is 0 Å². The second-order valence-corrected chi connectivity index (χ2v) is 17.0. The minimum atomic E-state index is -0.510. The molecule has 0 amide bonds. The lowest BCUT2D eigenvalue weighted by atomic mass is 9.32. The molecule has 14 rings (SSSR count). The molecule has 2 aromatic heterocycles. The van der Waals surface area contributed by atoms with Crippen LogP contribution < -0.4 is 16.4 Å². The molecule has 1 atom stereocenters. The van der Waals surface area contributed by atoms with Crippen LogP contribution in [0.3, 0.4) is 0 Å². The van der Waals surface area contributed by atoms with Crippen molar-refractivity contribution in [2.75, 3.05) is 0 Å². The van der Waals surface area contributed by atoms with Crippen LogP contribution in [-0.2, 0) is 5.41 Å². The van der Waals surface area contributed by atoms with E-state index in [0.29, 0.717) is 0 Å². The Bertz CT molecular complexity index is 3620. The highest BCUT2D eigenvalue weighted by Crippen LogP contribution is 2.58. The van der Waals surface area contributed by atoms with Crippen LogP contribution >= 0.6 is 0 Å². The van der Waals surface area contributed by atoms with E-state index in [2.05, 4.69) is 211 Å². The third-order valence-corrected chi connectivity index (χ3v) is 14.1. The average molecular weight is 771 g/mol. The molecule has 1 spiro atoms. The van der Waals surface area contributed by atoms with Crippen molar-refractivity contribution >= 4 is 55.8 Å². The molecule has 1 unspecified atom stereocenters. The van der Waals surface area contributed by atoms with Gasteiger partial charge >= 0.3 is 0 Å². The summed E-state index contributed by atoms with van der Waals surface area (Å²) in [6, 6.07) is 77.2. The Labute approximate surface area is 354 Å². The third kappa shape index (κ3) is 4.35. The van der Waals surface area contributed by atoms with E-state index in [-0.39, 0.29) is 6.71 Å². The maximum atomic E-state index is 4.91. The first kappa shape index (κ1) is 33.1. The summed E-state index contributed by atoms with van der Waals surface area (Å²) in [5, 5.41) is 3.71. The van der Waals surface area contributed by atoms with Crippen LogP contribution in [0.4, 0.5) is 0 Å². The Morgan fingerprint density at radius 1 is 0.393 bits per heavy atom. The molecule has 11 aromatic rings. The summed E-state index contributed by atoms with van der Waals surface area (Å²) in [5.74, 6) is 0. The van der Waals surface area contributed by atoms with Gasteiger partial charge in [-0.3, -0.25) is 4.98 Å². The molecule has 0 radical (unpaired) electrons. The lowest BCUT2D eigenvalue weighted by molar-refractivity contribution is 0.776. The van der Waals surface area contributed by atoms with Gasteiger partial charge in [0, 0.05) is 33.6 Å². The minimum absolute atomic E-state index is 0.129. The lowest BCUT2D eigenvalue weighted by Gasteiger charge is -2.42. The summed E-state index contributed by atoms with van der Waals surface area (Å²) < 4.78 is 2.40. The molecule has 0 saturated carbocycles. The zero-order chi connectivity index (χ0) is 39.8. The van der Waals surface area contributed by atoms with Gasteiger partial charge in [0.05, 0.1) is 22.0 Å². The van der Waals surface area contributed by atoms with Crippen molar-refractivity contribution in [3.63, 3.8) is 0 Å². The molecular formula is C58H35BN2. The van der Waals surface area contributed by atoms with Gasteiger partial charge in [0.2, 0.25) is 6.71 Å². The van der Waals surface area contributed by atoms with Crippen LogP contribution in [0.5, 0.6) is 0 Å². The molecule has 61 heavy (non-hydrogen) atoms. The van der Waals surface area contributed by atoms with E-state index in [4.69, 9.17) is 4.98 Å². The molecule has 2 nitrogen and oxygen atoms in total. The van der Waals surface area contributed by atoms with Crippen LogP contribution in [-0.4, -0.2) is 16.3 Å². The minimum Gasteiger partial charge on any atom is -0.309 e. The Morgan fingerprint density at radius 2 is 1.03 bits per heavy atom. The SMILES string of the molecule is c1ccc2c(c1)B1c3cc(-c4cnc5ccccc5c4)ccc3C3(c4ccccc4-c4ccc(-c5ccc(-n6c7ccccc7c7ccccc76)cc5)cc43)c3cccc-2c31. The number of hydrogen-bond donors (Lipinski definition) is 0. The van der Waals surface area contributed by atoms with E-state index in [1.54, 1.807) is 0 Å². The molecule has 3 heteroatoms.